The van der Waals surface area contributed by atoms with Gasteiger partial charge in [-0.25, -0.2) is 0 Å². The number of carbonyl (C=O) groups excluding carboxylic acids is 1. The van der Waals surface area contributed by atoms with Crippen LogP contribution >= 0.6 is 11.6 Å². The number of carbonyl (C=O) groups is 1. The van der Waals surface area contributed by atoms with Crippen molar-refractivity contribution in [2.45, 2.75) is 12.3 Å². The Balaban J connectivity index is 2.09. The highest BCUT2D eigenvalue weighted by molar-refractivity contribution is 6.31. The zero-order chi connectivity index (χ0) is 15.5. The average Bonchev–Trinajstić information content (AvgIpc) is 2.95. The van der Waals surface area contributed by atoms with Gasteiger partial charge in [0.15, 0.2) is 0 Å². The van der Waals surface area contributed by atoms with E-state index in [4.69, 9.17) is 11.6 Å². The number of H-pyrrole nitrogens is 1. The summed E-state index contributed by atoms with van der Waals surface area (Å²) in [5.41, 5.74) is 3.23. The maximum atomic E-state index is 11.9. The van der Waals surface area contributed by atoms with Crippen molar-refractivity contribution in [3.63, 3.8) is 0 Å². The highest BCUT2D eigenvalue weighted by Crippen LogP contribution is 2.34. The number of halogens is 1. The van der Waals surface area contributed by atoms with E-state index in [1.54, 1.807) is 7.05 Å². The van der Waals surface area contributed by atoms with E-state index in [0.717, 1.165) is 22.0 Å². The Kier molecular flexibility index (Phi) is 4.16. The molecule has 0 spiro atoms. The lowest BCUT2D eigenvalue weighted by atomic mass is 9.88. The molecule has 3 nitrogen and oxygen atoms in total. The molecule has 0 fully saturated rings. The Bertz CT molecular complexity index is 795. The van der Waals surface area contributed by atoms with Crippen LogP contribution in [0.4, 0.5) is 0 Å². The molecule has 3 aromatic rings. The zero-order valence-corrected chi connectivity index (χ0v) is 13.0. The van der Waals surface area contributed by atoms with Crippen molar-refractivity contribution in [3.05, 3.63) is 70.9 Å². The molecular weight excluding hydrogens is 296 g/mol. The molecule has 2 N–H and O–H groups in total. The van der Waals surface area contributed by atoms with Crippen molar-refractivity contribution < 1.29 is 4.79 Å². The topological polar surface area (TPSA) is 44.9 Å². The molecule has 2 aromatic carbocycles. The number of aromatic nitrogens is 1. The maximum absolute atomic E-state index is 11.9. The van der Waals surface area contributed by atoms with E-state index in [1.807, 2.05) is 42.6 Å². The molecule has 1 amide bonds. The molecule has 0 saturated heterocycles. The molecule has 0 radical (unpaired) electrons. The highest BCUT2D eigenvalue weighted by Gasteiger charge is 2.20. The average molecular weight is 313 g/mol. The van der Waals surface area contributed by atoms with Crippen molar-refractivity contribution in [2.24, 2.45) is 0 Å². The van der Waals surface area contributed by atoms with Crippen LogP contribution in [-0.4, -0.2) is 17.9 Å². The Morgan fingerprint density at radius 2 is 2.00 bits per heavy atom. The van der Waals surface area contributed by atoms with Crippen molar-refractivity contribution in [1.82, 2.24) is 10.3 Å². The number of aromatic amines is 1. The van der Waals surface area contributed by atoms with Crippen LogP contribution in [0.2, 0.25) is 5.02 Å². The number of nitrogens with one attached hydrogen (secondary N) is 2. The molecule has 1 unspecified atom stereocenters. The van der Waals surface area contributed by atoms with Crippen LogP contribution < -0.4 is 5.32 Å². The van der Waals surface area contributed by atoms with Crippen LogP contribution in [0, 0.1) is 0 Å². The third-order valence-electron chi connectivity index (χ3n) is 3.92. The van der Waals surface area contributed by atoms with Gasteiger partial charge in [-0.05, 0) is 23.3 Å². The molecule has 1 atom stereocenters. The van der Waals surface area contributed by atoms with Crippen LogP contribution in [0.15, 0.2) is 54.7 Å². The normalized spacial score (nSPS) is 12.3. The number of amides is 1. The Hall–Kier alpha value is -2.26. The minimum absolute atomic E-state index is 0.0103. The molecule has 0 saturated carbocycles. The molecule has 0 aliphatic heterocycles. The number of rotatable bonds is 4. The van der Waals surface area contributed by atoms with E-state index in [-0.39, 0.29) is 11.8 Å². The van der Waals surface area contributed by atoms with Crippen molar-refractivity contribution in [2.75, 3.05) is 7.05 Å². The van der Waals surface area contributed by atoms with Gasteiger partial charge in [0, 0.05) is 41.5 Å². The minimum atomic E-state index is 0.0103. The second-order valence-electron chi connectivity index (χ2n) is 5.27. The first-order chi connectivity index (χ1) is 10.7. The summed E-state index contributed by atoms with van der Waals surface area (Å²) in [6, 6.07) is 15.9. The standard InChI is InChI=1S/C18H17ClN2O/c1-20-18(22)10-15(12-5-3-2-4-6-12)16-11-21-17-9-13(19)7-8-14(16)17/h2-9,11,15,21H,10H2,1H3,(H,20,22). The fraction of sp³-hybridized carbons (Fsp3) is 0.167. The summed E-state index contributed by atoms with van der Waals surface area (Å²) in [6.07, 6.45) is 2.39. The Morgan fingerprint density at radius 1 is 1.23 bits per heavy atom. The van der Waals surface area contributed by atoms with Gasteiger partial charge in [-0.3, -0.25) is 4.79 Å². The summed E-state index contributed by atoms with van der Waals surface area (Å²) in [7, 11) is 1.67. The molecule has 0 aliphatic carbocycles. The summed E-state index contributed by atoms with van der Waals surface area (Å²) in [4.78, 5) is 15.2. The number of fused-ring (bicyclic) bond motifs is 1. The van der Waals surface area contributed by atoms with Crippen molar-refractivity contribution in [1.29, 1.82) is 0 Å². The Labute approximate surface area is 134 Å². The van der Waals surface area contributed by atoms with Crippen molar-refractivity contribution >= 4 is 28.4 Å². The summed E-state index contributed by atoms with van der Waals surface area (Å²) in [6.45, 7) is 0. The third kappa shape index (κ3) is 2.85. The van der Waals surface area contributed by atoms with E-state index in [2.05, 4.69) is 22.4 Å². The number of benzene rings is 2. The predicted molar refractivity (Wildman–Crippen MR) is 90.3 cm³/mol. The van der Waals surface area contributed by atoms with Gasteiger partial charge in [0.05, 0.1) is 0 Å². The minimum Gasteiger partial charge on any atom is -0.361 e. The monoisotopic (exact) mass is 312 g/mol. The molecule has 0 bridgehead atoms. The summed E-state index contributed by atoms with van der Waals surface area (Å²) >= 11 is 6.05. The summed E-state index contributed by atoms with van der Waals surface area (Å²) < 4.78 is 0. The van der Waals surface area contributed by atoms with Crippen LogP contribution in [0.3, 0.4) is 0 Å². The van der Waals surface area contributed by atoms with Crippen LogP contribution in [0.5, 0.6) is 0 Å². The summed E-state index contributed by atoms with van der Waals surface area (Å²) in [5.74, 6) is 0.0354. The van der Waals surface area contributed by atoms with E-state index in [1.165, 1.54) is 0 Å². The van der Waals surface area contributed by atoms with Gasteiger partial charge in [-0.1, -0.05) is 48.0 Å². The molecule has 4 heteroatoms. The molecular formula is C18H17ClN2O. The summed E-state index contributed by atoms with van der Waals surface area (Å²) in [5, 5.41) is 4.51. The van der Waals surface area contributed by atoms with Gasteiger partial charge in [-0.15, -0.1) is 0 Å². The second-order valence-corrected chi connectivity index (χ2v) is 5.71. The molecule has 22 heavy (non-hydrogen) atoms. The van der Waals surface area contributed by atoms with Gasteiger partial charge in [-0.2, -0.15) is 0 Å². The first-order valence-electron chi connectivity index (χ1n) is 7.21. The van der Waals surface area contributed by atoms with Gasteiger partial charge in [0.2, 0.25) is 5.91 Å². The Morgan fingerprint density at radius 3 is 2.73 bits per heavy atom. The lowest BCUT2D eigenvalue weighted by Gasteiger charge is -2.16. The van der Waals surface area contributed by atoms with Gasteiger partial charge >= 0.3 is 0 Å². The number of hydrogen-bond donors (Lipinski definition) is 2. The van der Waals surface area contributed by atoms with E-state index >= 15 is 0 Å². The van der Waals surface area contributed by atoms with Crippen LogP contribution in [0.25, 0.3) is 10.9 Å². The fourth-order valence-corrected chi connectivity index (χ4v) is 2.96. The van der Waals surface area contributed by atoms with Gasteiger partial charge in [0.25, 0.3) is 0 Å². The first-order valence-corrected chi connectivity index (χ1v) is 7.59. The third-order valence-corrected chi connectivity index (χ3v) is 4.16. The van der Waals surface area contributed by atoms with E-state index in [9.17, 15) is 4.79 Å². The quantitative estimate of drug-likeness (QED) is 0.749. The number of hydrogen-bond acceptors (Lipinski definition) is 1. The largest absolute Gasteiger partial charge is 0.361 e. The second kappa shape index (κ2) is 6.24. The van der Waals surface area contributed by atoms with E-state index in [0.29, 0.717) is 11.4 Å². The fourth-order valence-electron chi connectivity index (χ4n) is 2.79. The molecule has 0 aliphatic rings. The van der Waals surface area contributed by atoms with Gasteiger partial charge in [0.1, 0.15) is 0 Å². The molecule has 1 aromatic heterocycles. The molecule has 1 heterocycles. The lowest BCUT2D eigenvalue weighted by Crippen LogP contribution is -2.20. The SMILES string of the molecule is CNC(=O)CC(c1ccccc1)c1c[nH]c2cc(Cl)ccc12. The highest BCUT2D eigenvalue weighted by atomic mass is 35.5. The van der Waals surface area contributed by atoms with Gasteiger partial charge < -0.3 is 10.3 Å². The maximum Gasteiger partial charge on any atom is 0.220 e. The van der Waals surface area contributed by atoms with Crippen molar-refractivity contribution in [3.8, 4) is 0 Å². The lowest BCUT2D eigenvalue weighted by molar-refractivity contribution is -0.120. The predicted octanol–water partition coefficient (Wildman–Crippen LogP) is 4.09. The van der Waals surface area contributed by atoms with Crippen LogP contribution in [0.1, 0.15) is 23.5 Å². The molecule has 3 rings (SSSR count). The zero-order valence-electron chi connectivity index (χ0n) is 12.3. The smallest absolute Gasteiger partial charge is 0.220 e. The molecule has 112 valence electrons. The first kappa shape index (κ1) is 14.7. The van der Waals surface area contributed by atoms with E-state index < -0.39 is 0 Å². The van der Waals surface area contributed by atoms with Crippen LogP contribution in [-0.2, 0) is 4.79 Å².